The summed E-state index contributed by atoms with van der Waals surface area (Å²) < 4.78 is 2.09. The third-order valence-corrected chi connectivity index (χ3v) is 2.92. The predicted molar refractivity (Wildman–Crippen MR) is 67.3 cm³/mol. The highest BCUT2D eigenvalue weighted by Gasteiger charge is 2.07. The monoisotopic (exact) mass is 228 g/mol. The summed E-state index contributed by atoms with van der Waals surface area (Å²) in [6.45, 7) is 5.02. The Morgan fingerprint density at radius 1 is 1.41 bits per heavy atom. The average Bonchev–Trinajstić information content (AvgIpc) is 2.77. The van der Waals surface area contributed by atoms with E-state index in [9.17, 15) is 4.79 Å². The Bertz CT molecular complexity index is 529. The Morgan fingerprint density at radius 3 is 2.94 bits per heavy atom. The summed E-state index contributed by atoms with van der Waals surface area (Å²) in [4.78, 5) is 15.3. The van der Waals surface area contributed by atoms with Crippen LogP contribution in [0.25, 0.3) is 0 Å². The Hall–Kier alpha value is -1.90. The van der Waals surface area contributed by atoms with Crippen LogP contribution in [0.5, 0.6) is 0 Å². The van der Waals surface area contributed by atoms with E-state index >= 15 is 0 Å². The van der Waals surface area contributed by atoms with Crippen LogP contribution in [0.2, 0.25) is 0 Å². The maximum atomic E-state index is 11.0. The van der Waals surface area contributed by atoms with Gasteiger partial charge in [0.2, 0.25) is 0 Å². The number of imidazole rings is 1. The molecule has 3 heteroatoms. The molecule has 1 aromatic heterocycles. The standard InChI is InChI=1S/C14H16N2O/c1-3-16-7-6-15-14(16)9-13-8-11(2)4-5-12(13)10-17/h4-8,10H,3,9H2,1-2H3. The lowest BCUT2D eigenvalue weighted by Crippen LogP contribution is -2.04. The summed E-state index contributed by atoms with van der Waals surface area (Å²) in [5.74, 6) is 1.00. The number of aldehydes is 1. The molecule has 2 rings (SSSR count). The fourth-order valence-electron chi connectivity index (χ4n) is 1.97. The van der Waals surface area contributed by atoms with Crippen LogP contribution in [-0.4, -0.2) is 15.8 Å². The Kier molecular flexibility index (Phi) is 3.38. The van der Waals surface area contributed by atoms with Crippen molar-refractivity contribution >= 4 is 6.29 Å². The highest BCUT2D eigenvalue weighted by molar-refractivity contribution is 5.77. The first-order valence-corrected chi connectivity index (χ1v) is 5.79. The van der Waals surface area contributed by atoms with Crippen LogP contribution in [-0.2, 0) is 13.0 Å². The van der Waals surface area contributed by atoms with Gasteiger partial charge in [-0.1, -0.05) is 23.8 Å². The first kappa shape index (κ1) is 11.6. The molecule has 3 nitrogen and oxygen atoms in total. The molecule has 0 amide bonds. The largest absolute Gasteiger partial charge is 0.335 e. The molecule has 0 saturated heterocycles. The van der Waals surface area contributed by atoms with Crippen LogP contribution in [0, 0.1) is 6.92 Å². The summed E-state index contributed by atoms with van der Waals surface area (Å²) in [6, 6.07) is 5.88. The molecule has 0 fully saturated rings. The Labute approximate surface area is 101 Å². The first-order valence-electron chi connectivity index (χ1n) is 5.79. The zero-order valence-corrected chi connectivity index (χ0v) is 10.2. The van der Waals surface area contributed by atoms with Gasteiger partial charge < -0.3 is 4.57 Å². The topological polar surface area (TPSA) is 34.9 Å². The molecule has 17 heavy (non-hydrogen) atoms. The minimum atomic E-state index is 0.705. The van der Waals surface area contributed by atoms with Crippen molar-refractivity contribution in [1.82, 2.24) is 9.55 Å². The summed E-state index contributed by atoms with van der Waals surface area (Å²) >= 11 is 0. The van der Waals surface area contributed by atoms with Crippen molar-refractivity contribution in [1.29, 1.82) is 0 Å². The second kappa shape index (κ2) is 4.95. The van der Waals surface area contributed by atoms with Gasteiger partial charge in [0.15, 0.2) is 0 Å². The van der Waals surface area contributed by atoms with Crippen LogP contribution in [0.1, 0.15) is 34.2 Å². The third-order valence-electron chi connectivity index (χ3n) is 2.92. The van der Waals surface area contributed by atoms with E-state index in [1.54, 1.807) is 6.20 Å². The zero-order chi connectivity index (χ0) is 12.3. The lowest BCUT2D eigenvalue weighted by atomic mass is 10.0. The predicted octanol–water partition coefficient (Wildman–Crippen LogP) is 2.61. The van der Waals surface area contributed by atoms with Gasteiger partial charge in [-0.25, -0.2) is 4.98 Å². The maximum Gasteiger partial charge on any atom is 0.150 e. The van der Waals surface area contributed by atoms with Gasteiger partial charge in [0.05, 0.1) is 0 Å². The van der Waals surface area contributed by atoms with E-state index in [1.165, 1.54) is 5.56 Å². The maximum absolute atomic E-state index is 11.0. The number of carbonyl (C=O) groups excluding carboxylic acids is 1. The number of rotatable bonds is 4. The van der Waals surface area contributed by atoms with Crippen molar-refractivity contribution in [3.63, 3.8) is 0 Å². The number of aromatic nitrogens is 2. The fourth-order valence-corrected chi connectivity index (χ4v) is 1.97. The van der Waals surface area contributed by atoms with Gasteiger partial charge in [-0.05, 0) is 19.4 Å². The van der Waals surface area contributed by atoms with E-state index in [4.69, 9.17) is 0 Å². The quantitative estimate of drug-likeness (QED) is 0.754. The summed E-state index contributed by atoms with van der Waals surface area (Å²) in [5.41, 5.74) is 2.96. The molecule has 0 bridgehead atoms. The molecule has 0 spiro atoms. The minimum Gasteiger partial charge on any atom is -0.335 e. The molecule has 0 aliphatic carbocycles. The van der Waals surface area contributed by atoms with E-state index in [1.807, 2.05) is 25.3 Å². The van der Waals surface area contributed by atoms with Gasteiger partial charge in [-0.2, -0.15) is 0 Å². The van der Waals surface area contributed by atoms with Crippen LogP contribution >= 0.6 is 0 Å². The van der Waals surface area contributed by atoms with Crippen molar-refractivity contribution in [2.45, 2.75) is 26.8 Å². The molecular weight excluding hydrogens is 212 g/mol. The second-order valence-corrected chi connectivity index (χ2v) is 4.13. The fraction of sp³-hybridized carbons (Fsp3) is 0.286. The van der Waals surface area contributed by atoms with Crippen molar-refractivity contribution in [3.8, 4) is 0 Å². The highest BCUT2D eigenvalue weighted by atomic mass is 16.1. The average molecular weight is 228 g/mol. The summed E-state index contributed by atoms with van der Waals surface area (Å²) in [5, 5.41) is 0. The molecule has 0 unspecified atom stereocenters. The van der Waals surface area contributed by atoms with Crippen LogP contribution < -0.4 is 0 Å². The summed E-state index contributed by atoms with van der Waals surface area (Å²) in [6.07, 6.45) is 5.38. The molecule has 0 N–H and O–H groups in total. The molecule has 1 heterocycles. The Balaban J connectivity index is 2.35. The van der Waals surface area contributed by atoms with E-state index in [-0.39, 0.29) is 0 Å². The minimum absolute atomic E-state index is 0.705. The lowest BCUT2D eigenvalue weighted by Gasteiger charge is -2.07. The molecule has 88 valence electrons. The van der Waals surface area contributed by atoms with E-state index < -0.39 is 0 Å². The van der Waals surface area contributed by atoms with Crippen molar-refractivity contribution in [2.24, 2.45) is 0 Å². The molecular formula is C14H16N2O. The van der Waals surface area contributed by atoms with Gasteiger partial charge in [-0.15, -0.1) is 0 Å². The molecule has 0 aliphatic rings. The second-order valence-electron chi connectivity index (χ2n) is 4.13. The van der Waals surface area contributed by atoms with Crippen molar-refractivity contribution < 1.29 is 4.79 Å². The van der Waals surface area contributed by atoms with Gasteiger partial charge in [0, 0.05) is 30.9 Å². The van der Waals surface area contributed by atoms with Gasteiger partial charge in [0.25, 0.3) is 0 Å². The number of hydrogen-bond donors (Lipinski definition) is 0. The van der Waals surface area contributed by atoms with Crippen LogP contribution in [0.15, 0.2) is 30.6 Å². The molecule has 0 saturated carbocycles. The first-order chi connectivity index (χ1) is 8.24. The van der Waals surface area contributed by atoms with Crippen LogP contribution in [0.3, 0.4) is 0 Å². The number of aryl methyl sites for hydroxylation is 2. The molecule has 0 atom stereocenters. The van der Waals surface area contributed by atoms with Crippen molar-refractivity contribution in [3.05, 3.63) is 53.1 Å². The number of hydrogen-bond acceptors (Lipinski definition) is 2. The van der Waals surface area contributed by atoms with E-state index in [0.29, 0.717) is 6.42 Å². The number of carbonyl (C=O) groups is 1. The van der Waals surface area contributed by atoms with Gasteiger partial charge >= 0.3 is 0 Å². The Morgan fingerprint density at radius 2 is 2.24 bits per heavy atom. The molecule has 0 radical (unpaired) electrons. The number of nitrogens with zero attached hydrogens (tertiary/aromatic N) is 2. The SMILES string of the molecule is CCn1ccnc1Cc1cc(C)ccc1C=O. The smallest absolute Gasteiger partial charge is 0.150 e. The van der Waals surface area contributed by atoms with E-state index in [0.717, 1.165) is 29.8 Å². The normalized spacial score (nSPS) is 10.5. The zero-order valence-electron chi connectivity index (χ0n) is 10.2. The highest BCUT2D eigenvalue weighted by Crippen LogP contribution is 2.14. The third kappa shape index (κ3) is 2.44. The lowest BCUT2D eigenvalue weighted by molar-refractivity contribution is 0.112. The molecule has 2 aromatic rings. The summed E-state index contributed by atoms with van der Waals surface area (Å²) in [7, 11) is 0. The van der Waals surface area contributed by atoms with E-state index in [2.05, 4.69) is 22.5 Å². The number of benzene rings is 1. The van der Waals surface area contributed by atoms with Gasteiger partial charge in [0.1, 0.15) is 12.1 Å². The van der Waals surface area contributed by atoms with Crippen molar-refractivity contribution in [2.75, 3.05) is 0 Å². The molecule has 0 aliphatic heterocycles. The molecule has 1 aromatic carbocycles. The van der Waals surface area contributed by atoms with Gasteiger partial charge in [-0.3, -0.25) is 4.79 Å². The van der Waals surface area contributed by atoms with Crippen LogP contribution in [0.4, 0.5) is 0 Å².